The number of rotatable bonds is 5. The number of halogens is 3. The Labute approximate surface area is 212 Å². The lowest BCUT2D eigenvalue weighted by molar-refractivity contribution is 0.300. The molecular formula is C27H19Cl3N2O2. The van der Waals surface area contributed by atoms with Crippen LogP contribution >= 0.6 is 34.8 Å². The summed E-state index contributed by atoms with van der Waals surface area (Å²) in [5.74, 6) is 7.93. The number of nitrogen functional groups attached to an aromatic ring is 1. The van der Waals surface area contributed by atoms with Gasteiger partial charge < -0.3 is 15.0 Å². The molecule has 1 aromatic heterocycles. The molecule has 0 spiro atoms. The van der Waals surface area contributed by atoms with Gasteiger partial charge in [0.05, 0.1) is 20.6 Å². The van der Waals surface area contributed by atoms with E-state index in [1.807, 2.05) is 36.4 Å². The normalized spacial score (nSPS) is 12.8. The van der Waals surface area contributed by atoms with E-state index >= 15 is 0 Å². The molecule has 0 aliphatic heterocycles. The van der Waals surface area contributed by atoms with Crippen molar-refractivity contribution in [3.63, 3.8) is 0 Å². The van der Waals surface area contributed by atoms with Gasteiger partial charge in [0.15, 0.2) is 0 Å². The maximum absolute atomic E-state index is 6.48. The summed E-state index contributed by atoms with van der Waals surface area (Å²) in [6, 6.07) is 18.2. The van der Waals surface area contributed by atoms with Crippen LogP contribution in [0.25, 0.3) is 11.3 Å². The first-order valence-corrected chi connectivity index (χ1v) is 11.9. The smallest absolute Gasteiger partial charge is 0.147 e. The molecule has 0 saturated heterocycles. The number of benzene rings is 3. The molecule has 0 radical (unpaired) electrons. The average molecular weight is 510 g/mol. The quantitative estimate of drug-likeness (QED) is 0.221. The standard InChI is InChI=1S/C27H19Cl3N2O2/c28-22-5-2-6-23(29)25(22)26-21(27(34-32-26)18-9-10-18)15-33-20-12-11-17(24(30)14-20)8-7-16-3-1-4-19(31)13-16/h1-6,11-14,18H,9-10,15,31H2. The molecule has 4 aromatic rings. The molecule has 2 N–H and O–H groups in total. The predicted molar refractivity (Wildman–Crippen MR) is 137 cm³/mol. The van der Waals surface area contributed by atoms with Crippen molar-refractivity contribution in [2.75, 3.05) is 5.73 Å². The molecule has 0 unspecified atom stereocenters. The number of aromatic nitrogens is 1. The fourth-order valence-corrected chi connectivity index (χ4v) is 4.44. The summed E-state index contributed by atoms with van der Waals surface area (Å²) in [5, 5.41) is 5.81. The van der Waals surface area contributed by atoms with Gasteiger partial charge in [0.2, 0.25) is 0 Å². The largest absolute Gasteiger partial charge is 0.489 e. The Morgan fingerprint density at radius 1 is 0.941 bits per heavy atom. The molecule has 170 valence electrons. The van der Waals surface area contributed by atoms with Crippen LogP contribution in [0.15, 0.2) is 65.2 Å². The van der Waals surface area contributed by atoms with Gasteiger partial charge in [-0.05, 0) is 55.3 Å². The van der Waals surface area contributed by atoms with Crippen LogP contribution in [-0.2, 0) is 6.61 Å². The van der Waals surface area contributed by atoms with Crippen molar-refractivity contribution < 1.29 is 9.26 Å². The zero-order valence-corrected chi connectivity index (χ0v) is 20.2. The van der Waals surface area contributed by atoms with E-state index in [0.29, 0.717) is 49.2 Å². The van der Waals surface area contributed by atoms with Crippen LogP contribution in [0.5, 0.6) is 5.75 Å². The first-order valence-electron chi connectivity index (χ1n) is 10.7. The van der Waals surface area contributed by atoms with E-state index in [9.17, 15) is 0 Å². The maximum Gasteiger partial charge on any atom is 0.147 e. The maximum atomic E-state index is 6.48. The number of hydrogen-bond acceptors (Lipinski definition) is 4. The minimum Gasteiger partial charge on any atom is -0.489 e. The molecule has 1 saturated carbocycles. The van der Waals surface area contributed by atoms with Crippen LogP contribution in [0.4, 0.5) is 5.69 Å². The van der Waals surface area contributed by atoms with Crippen LogP contribution in [0.3, 0.4) is 0 Å². The number of anilines is 1. The topological polar surface area (TPSA) is 61.3 Å². The lowest BCUT2D eigenvalue weighted by Gasteiger charge is -2.10. The first kappa shape index (κ1) is 22.7. The van der Waals surface area contributed by atoms with Crippen molar-refractivity contribution in [2.24, 2.45) is 0 Å². The summed E-state index contributed by atoms with van der Waals surface area (Å²) in [7, 11) is 0. The SMILES string of the molecule is Nc1cccc(C#Cc2ccc(OCc3c(-c4c(Cl)cccc4Cl)noc3C3CC3)cc2Cl)c1. The van der Waals surface area contributed by atoms with E-state index < -0.39 is 0 Å². The molecule has 5 rings (SSSR count). The Morgan fingerprint density at radius 2 is 1.71 bits per heavy atom. The van der Waals surface area contributed by atoms with Gasteiger partial charge in [0, 0.05) is 34.4 Å². The Morgan fingerprint density at radius 3 is 2.41 bits per heavy atom. The molecule has 1 aliphatic rings. The Hall–Kier alpha value is -3.10. The fraction of sp³-hybridized carbons (Fsp3) is 0.148. The summed E-state index contributed by atoms with van der Waals surface area (Å²) in [4.78, 5) is 0. The van der Waals surface area contributed by atoms with E-state index in [1.165, 1.54) is 0 Å². The van der Waals surface area contributed by atoms with Gasteiger partial charge in [0.25, 0.3) is 0 Å². The van der Waals surface area contributed by atoms with Gasteiger partial charge >= 0.3 is 0 Å². The fourth-order valence-electron chi connectivity index (χ4n) is 3.65. The molecule has 7 heteroatoms. The van der Waals surface area contributed by atoms with Crippen LogP contribution in [0.1, 0.15) is 41.2 Å². The summed E-state index contributed by atoms with van der Waals surface area (Å²) < 4.78 is 11.8. The zero-order chi connectivity index (χ0) is 23.7. The predicted octanol–water partition coefficient (Wildman–Crippen LogP) is 7.74. The molecule has 0 atom stereocenters. The second kappa shape index (κ2) is 9.64. The molecule has 4 nitrogen and oxygen atoms in total. The van der Waals surface area contributed by atoms with E-state index in [0.717, 1.165) is 29.7 Å². The minimum atomic E-state index is 0.247. The van der Waals surface area contributed by atoms with Crippen LogP contribution in [-0.4, -0.2) is 5.16 Å². The van der Waals surface area contributed by atoms with Crippen molar-refractivity contribution in [1.82, 2.24) is 5.16 Å². The summed E-state index contributed by atoms with van der Waals surface area (Å²) in [6.07, 6.45) is 2.12. The molecular weight excluding hydrogens is 491 g/mol. The van der Waals surface area contributed by atoms with E-state index in [4.69, 9.17) is 49.8 Å². The minimum absolute atomic E-state index is 0.247. The number of hydrogen-bond donors (Lipinski definition) is 1. The summed E-state index contributed by atoms with van der Waals surface area (Å²) >= 11 is 19.3. The van der Waals surface area contributed by atoms with Gasteiger partial charge in [0.1, 0.15) is 23.8 Å². The average Bonchev–Trinajstić information content (AvgIpc) is 3.57. The molecule has 0 bridgehead atoms. The second-order valence-electron chi connectivity index (χ2n) is 8.05. The van der Waals surface area contributed by atoms with Crippen LogP contribution in [0.2, 0.25) is 15.1 Å². The highest BCUT2D eigenvalue weighted by Gasteiger charge is 2.33. The van der Waals surface area contributed by atoms with Crippen LogP contribution in [0, 0.1) is 11.8 Å². The Balaban J connectivity index is 1.39. The number of ether oxygens (including phenoxy) is 1. The molecule has 0 amide bonds. The zero-order valence-electron chi connectivity index (χ0n) is 17.9. The third-order valence-corrected chi connectivity index (χ3v) is 6.46. The van der Waals surface area contributed by atoms with Crippen molar-refractivity contribution in [3.05, 3.63) is 98.2 Å². The van der Waals surface area contributed by atoms with Gasteiger partial charge in [-0.25, -0.2) is 0 Å². The molecule has 34 heavy (non-hydrogen) atoms. The number of nitrogens with zero attached hydrogens (tertiary/aromatic N) is 1. The van der Waals surface area contributed by atoms with E-state index in [-0.39, 0.29) is 6.61 Å². The Bertz CT molecular complexity index is 1410. The monoisotopic (exact) mass is 508 g/mol. The first-order chi connectivity index (χ1) is 16.5. The second-order valence-corrected chi connectivity index (χ2v) is 9.27. The van der Waals surface area contributed by atoms with Gasteiger partial charge in [-0.3, -0.25) is 0 Å². The highest BCUT2D eigenvalue weighted by molar-refractivity contribution is 6.39. The molecule has 1 fully saturated rings. The van der Waals surface area contributed by atoms with Crippen LogP contribution < -0.4 is 10.5 Å². The lowest BCUT2D eigenvalue weighted by atomic mass is 10.0. The highest BCUT2D eigenvalue weighted by atomic mass is 35.5. The van der Waals surface area contributed by atoms with E-state index in [2.05, 4.69) is 17.0 Å². The molecule has 1 aliphatic carbocycles. The lowest BCUT2D eigenvalue weighted by Crippen LogP contribution is -2.00. The third-order valence-electron chi connectivity index (χ3n) is 5.52. The van der Waals surface area contributed by atoms with Gasteiger partial charge in [-0.15, -0.1) is 0 Å². The Kier molecular flexibility index (Phi) is 6.43. The van der Waals surface area contributed by atoms with Crippen molar-refractivity contribution >= 4 is 40.5 Å². The molecule has 1 heterocycles. The van der Waals surface area contributed by atoms with Crippen molar-refractivity contribution in [2.45, 2.75) is 25.4 Å². The van der Waals surface area contributed by atoms with Crippen molar-refractivity contribution in [3.8, 4) is 28.8 Å². The van der Waals surface area contributed by atoms with Gasteiger partial charge in [-0.1, -0.05) is 63.9 Å². The third kappa shape index (κ3) is 4.88. The summed E-state index contributed by atoms with van der Waals surface area (Å²) in [6.45, 7) is 0.247. The number of nitrogens with two attached hydrogens (primary N) is 1. The summed E-state index contributed by atoms with van der Waals surface area (Å²) in [5.41, 5.74) is 10.1. The van der Waals surface area contributed by atoms with Gasteiger partial charge in [-0.2, -0.15) is 0 Å². The van der Waals surface area contributed by atoms with Crippen molar-refractivity contribution in [1.29, 1.82) is 0 Å². The molecule has 3 aromatic carbocycles. The highest BCUT2D eigenvalue weighted by Crippen LogP contribution is 2.46. The van der Waals surface area contributed by atoms with E-state index in [1.54, 1.807) is 24.3 Å².